The van der Waals surface area contributed by atoms with Crippen molar-refractivity contribution in [1.82, 2.24) is 25.3 Å². The van der Waals surface area contributed by atoms with Crippen molar-refractivity contribution >= 4 is 16.7 Å². The van der Waals surface area contributed by atoms with E-state index in [9.17, 15) is 9.59 Å². The second-order valence-electron chi connectivity index (χ2n) is 4.47. The Kier molecular flexibility index (Phi) is 3.46. The van der Waals surface area contributed by atoms with Crippen LogP contribution in [0.15, 0.2) is 47.5 Å². The number of fused-ring (bicyclic) bond motifs is 1. The van der Waals surface area contributed by atoms with Crippen molar-refractivity contribution in [2.75, 3.05) is 6.54 Å². The quantitative estimate of drug-likeness (QED) is 0.731. The summed E-state index contributed by atoms with van der Waals surface area (Å²) in [6, 6.07) is 8.70. The smallest absolute Gasteiger partial charge is 0.272 e. The van der Waals surface area contributed by atoms with Gasteiger partial charge in [0, 0.05) is 24.3 Å². The molecule has 3 aromatic rings. The Hall–Kier alpha value is -2.96. The maximum Gasteiger partial charge on any atom is 0.272 e. The Morgan fingerprint density at radius 1 is 1.24 bits per heavy atom. The lowest BCUT2D eigenvalue weighted by Crippen LogP contribution is -2.29. The molecule has 2 N–H and O–H groups in total. The van der Waals surface area contributed by atoms with E-state index in [0.717, 1.165) is 0 Å². The van der Waals surface area contributed by atoms with Gasteiger partial charge in [-0.2, -0.15) is 10.2 Å². The van der Waals surface area contributed by atoms with Crippen molar-refractivity contribution in [3.05, 3.63) is 58.8 Å². The van der Waals surface area contributed by atoms with E-state index in [1.54, 1.807) is 35.1 Å². The molecule has 0 radical (unpaired) electrons. The number of amides is 1. The van der Waals surface area contributed by atoms with Gasteiger partial charge in [-0.15, -0.1) is 0 Å². The molecule has 0 fully saturated rings. The molecule has 21 heavy (non-hydrogen) atoms. The minimum absolute atomic E-state index is 0.214. The van der Waals surface area contributed by atoms with Crippen molar-refractivity contribution in [3.63, 3.8) is 0 Å². The molecule has 0 aliphatic carbocycles. The van der Waals surface area contributed by atoms with Crippen molar-refractivity contribution in [2.24, 2.45) is 0 Å². The third-order valence-corrected chi connectivity index (χ3v) is 3.10. The zero-order valence-corrected chi connectivity index (χ0v) is 11.1. The van der Waals surface area contributed by atoms with E-state index in [1.807, 2.05) is 12.3 Å². The van der Waals surface area contributed by atoms with Gasteiger partial charge in [-0.1, -0.05) is 18.2 Å². The van der Waals surface area contributed by atoms with Gasteiger partial charge in [-0.05, 0) is 12.1 Å². The minimum Gasteiger partial charge on any atom is -0.349 e. The average molecular weight is 283 g/mol. The van der Waals surface area contributed by atoms with E-state index in [1.165, 1.54) is 0 Å². The van der Waals surface area contributed by atoms with Crippen LogP contribution in [0, 0.1) is 0 Å². The van der Waals surface area contributed by atoms with Gasteiger partial charge in [0.1, 0.15) is 0 Å². The third kappa shape index (κ3) is 2.66. The summed E-state index contributed by atoms with van der Waals surface area (Å²) in [5, 5.41) is 14.0. The normalized spacial score (nSPS) is 10.7. The predicted molar refractivity (Wildman–Crippen MR) is 76.9 cm³/mol. The third-order valence-electron chi connectivity index (χ3n) is 3.10. The summed E-state index contributed by atoms with van der Waals surface area (Å²) >= 11 is 0. The summed E-state index contributed by atoms with van der Waals surface area (Å²) in [4.78, 5) is 23.8. The monoisotopic (exact) mass is 283 g/mol. The zero-order chi connectivity index (χ0) is 14.7. The molecule has 0 atom stereocenters. The number of hydrogen-bond acceptors (Lipinski definition) is 4. The van der Waals surface area contributed by atoms with Gasteiger partial charge >= 0.3 is 0 Å². The van der Waals surface area contributed by atoms with Crippen molar-refractivity contribution < 1.29 is 4.79 Å². The molecule has 0 aliphatic heterocycles. The number of rotatable bonds is 4. The highest BCUT2D eigenvalue weighted by molar-refractivity contribution is 6.04. The Labute approximate surface area is 119 Å². The molecule has 106 valence electrons. The first-order valence-electron chi connectivity index (χ1n) is 6.49. The van der Waals surface area contributed by atoms with E-state index >= 15 is 0 Å². The summed E-state index contributed by atoms with van der Waals surface area (Å²) < 4.78 is 1.72. The molecule has 0 bridgehead atoms. The largest absolute Gasteiger partial charge is 0.349 e. The maximum absolute atomic E-state index is 12.2. The lowest BCUT2D eigenvalue weighted by molar-refractivity contribution is 0.0948. The van der Waals surface area contributed by atoms with Crippen LogP contribution in [0.5, 0.6) is 0 Å². The van der Waals surface area contributed by atoms with Crippen LogP contribution in [0.25, 0.3) is 10.8 Å². The first kappa shape index (κ1) is 13.0. The molecule has 0 aliphatic rings. The van der Waals surface area contributed by atoms with Crippen molar-refractivity contribution in [3.8, 4) is 0 Å². The number of H-pyrrole nitrogens is 1. The Morgan fingerprint density at radius 2 is 2.05 bits per heavy atom. The minimum atomic E-state index is -0.324. The molecule has 3 rings (SSSR count). The van der Waals surface area contributed by atoms with E-state index in [0.29, 0.717) is 23.9 Å². The number of nitrogens with one attached hydrogen (secondary N) is 2. The number of benzene rings is 1. The van der Waals surface area contributed by atoms with Crippen LogP contribution in [0.2, 0.25) is 0 Å². The molecule has 0 spiro atoms. The summed E-state index contributed by atoms with van der Waals surface area (Å²) in [7, 11) is 0. The van der Waals surface area contributed by atoms with Gasteiger partial charge in [0.05, 0.1) is 11.9 Å². The van der Waals surface area contributed by atoms with Gasteiger partial charge in [0.2, 0.25) is 0 Å². The first-order valence-corrected chi connectivity index (χ1v) is 6.49. The molecule has 0 unspecified atom stereocenters. The number of nitrogens with zero attached hydrogens (tertiary/aromatic N) is 3. The summed E-state index contributed by atoms with van der Waals surface area (Å²) in [5.41, 5.74) is -0.0932. The topological polar surface area (TPSA) is 92.7 Å². The predicted octanol–water partition coefficient (Wildman–Crippen LogP) is 0.550. The van der Waals surface area contributed by atoms with E-state index < -0.39 is 0 Å². The number of hydrogen-bond donors (Lipinski definition) is 2. The molecule has 1 aromatic carbocycles. The SMILES string of the molecule is O=C(NCCn1cccn1)c1n[nH]c(=O)c2ccccc12. The highest BCUT2D eigenvalue weighted by Crippen LogP contribution is 2.11. The fraction of sp³-hybridized carbons (Fsp3) is 0.143. The maximum atomic E-state index is 12.2. The Balaban J connectivity index is 1.78. The molecule has 0 saturated heterocycles. The number of aromatic amines is 1. The molecule has 2 heterocycles. The summed E-state index contributed by atoms with van der Waals surface area (Å²) in [6.07, 6.45) is 3.50. The van der Waals surface area contributed by atoms with Gasteiger partial charge in [0.15, 0.2) is 5.69 Å². The second-order valence-corrected chi connectivity index (χ2v) is 4.47. The second kappa shape index (κ2) is 5.58. The lowest BCUT2D eigenvalue weighted by atomic mass is 10.1. The molecular formula is C14H13N5O2. The number of carbonyl (C=O) groups excluding carboxylic acids is 1. The fourth-order valence-corrected chi connectivity index (χ4v) is 2.09. The van der Waals surface area contributed by atoms with E-state index in [-0.39, 0.29) is 17.2 Å². The van der Waals surface area contributed by atoms with Gasteiger partial charge in [0.25, 0.3) is 11.5 Å². The molecule has 1 amide bonds. The first-order chi connectivity index (χ1) is 10.3. The van der Waals surface area contributed by atoms with Crippen LogP contribution in [0.4, 0.5) is 0 Å². The van der Waals surface area contributed by atoms with Crippen LogP contribution in [-0.2, 0) is 6.54 Å². The molecule has 2 aromatic heterocycles. The standard InChI is InChI=1S/C14H13N5O2/c20-13-11-5-2-1-4-10(11)12(17-18-13)14(21)15-7-9-19-8-3-6-16-19/h1-6,8H,7,9H2,(H,15,21)(H,18,20). The zero-order valence-electron chi connectivity index (χ0n) is 11.1. The van der Waals surface area contributed by atoms with Gasteiger partial charge < -0.3 is 5.32 Å². The molecular weight excluding hydrogens is 270 g/mol. The fourth-order valence-electron chi connectivity index (χ4n) is 2.09. The van der Waals surface area contributed by atoms with Crippen LogP contribution >= 0.6 is 0 Å². The summed E-state index contributed by atoms with van der Waals surface area (Å²) in [6.45, 7) is 0.996. The highest BCUT2D eigenvalue weighted by atomic mass is 16.2. The van der Waals surface area contributed by atoms with Crippen LogP contribution < -0.4 is 10.9 Å². The van der Waals surface area contributed by atoms with Crippen LogP contribution in [0.1, 0.15) is 10.5 Å². The van der Waals surface area contributed by atoms with Gasteiger partial charge in [-0.3, -0.25) is 14.3 Å². The average Bonchev–Trinajstić information content (AvgIpc) is 3.01. The van der Waals surface area contributed by atoms with Crippen LogP contribution in [0.3, 0.4) is 0 Å². The highest BCUT2D eigenvalue weighted by Gasteiger charge is 2.13. The lowest BCUT2D eigenvalue weighted by Gasteiger charge is -2.06. The van der Waals surface area contributed by atoms with Crippen LogP contribution in [-0.4, -0.2) is 32.4 Å². The van der Waals surface area contributed by atoms with E-state index in [4.69, 9.17) is 0 Å². The molecule has 0 saturated carbocycles. The Bertz CT molecular complexity index is 823. The van der Waals surface area contributed by atoms with Gasteiger partial charge in [-0.25, -0.2) is 5.10 Å². The molecule has 7 heteroatoms. The number of carbonyl (C=O) groups is 1. The van der Waals surface area contributed by atoms with Crippen molar-refractivity contribution in [2.45, 2.75) is 6.54 Å². The Morgan fingerprint density at radius 3 is 2.81 bits per heavy atom. The van der Waals surface area contributed by atoms with Crippen molar-refractivity contribution in [1.29, 1.82) is 0 Å². The summed E-state index contributed by atoms with van der Waals surface area (Å²) in [5.74, 6) is -0.324. The van der Waals surface area contributed by atoms with E-state index in [2.05, 4.69) is 20.6 Å². The molecule has 7 nitrogen and oxygen atoms in total. The number of aromatic nitrogens is 4.